The van der Waals surface area contributed by atoms with Gasteiger partial charge in [0.2, 0.25) is 4.77 Å². The number of aromatic nitrogens is 3. The quantitative estimate of drug-likeness (QED) is 0.644. The van der Waals surface area contributed by atoms with E-state index in [2.05, 4.69) is 31.2 Å². The van der Waals surface area contributed by atoms with Crippen LogP contribution in [0.5, 0.6) is 11.5 Å². The molecule has 0 unspecified atom stereocenters. The predicted octanol–water partition coefficient (Wildman–Crippen LogP) is 1.66. The Balaban J connectivity index is 2.50. The van der Waals surface area contributed by atoms with E-state index in [1.165, 1.54) is 13.3 Å². The highest BCUT2D eigenvalue weighted by molar-refractivity contribution is 9.10. The van der Waals surface area contributed by atoms with E-state index in [1.807, 2.05) is 0 Å². The maximum Gasteiger partial charge on any atom is 0.293 e. The lowest BCUT2D eigenvalue weighted by Crippen LogP contribution is -2.18. The van der Waals surface area contributed by atoms with Crippen LogP contribution < -0.4 is 10.3 Å². The first-order chi connectivity index (χ1) is 9.52. The normalized spacial score (nSPS) is 10.9. The minimum Gasteiger partial charge on any atom is -0.504 e. The summed E-state index contributed by atoms with van der Waals surface area (Å²) in [6, 6.07) is 3.23. The maximum absolute atomic E-state index is 11.5. The molecular formula is C11H9BrN4O3S. The number of phenolic OH excluding ortho intramolecular Hbond substituents is 1. The Morgan fingerprint density at radius 1 is 1.60 bits per heavy atom. The second-order valence-corrected chi connectivity index (χ2v) is 4.92. The molecule has 2 rings (SSSR count). The van der Waals surface area contributed by atoms with Gasteiger partial charge in [-0.3, -0.25) is 9.89 Å². The van der Waals surface area contributed by atoms with Gasteiger partial charge < -0.3 is 9.84 Å². The van der Waals surface area contributed by atoms with Crippen LogP contribution in [-0.4, -0.2) is 33.3 Å². The van der Waals surface area contributed by atoms with Gasteiger partial charge in [-0.1, -0.05) is 15.9 Å². The summed E-state index contributed by atoms with van der Waals surface area (Å²) < 4.78 is 6.72. The van der Waals surface area contributed by atoms with Crippen molar-refractivity contribution in [1.29, 1.82) is 0 Å². The number of hydrogen-bond donors (Lipinski definition) is 2. The largest absolute Gasteiger partial charge is 0.504 e. The zero-order valence-electron chi connectivity index (χ0n) is 10.2. The fraction of sp³-hybridized carbons (Fsp3) is 0.0909. The second-order valence-electron chi connectivity index (χ2n) is 3.62. The predicted molar refractivity (Wildman–Crippen MR) is 79.0 cm³/mol. The van der Waals surface area contributed by atoms with Crippen molar-refractivity contribution >= 4 is 34.4 Å². The number of ether oxygens (including phenoxy) is 1. The average Bonchev–Trinajstić information content (AvgIpc) is 2.41. The molecule has 0 radical (unpaired) electrons. The van der Waals surface area contributed by atoms with Crippen LogP contribution in [0.15, 0.2) is 32.7 Å². The lowest BCUT2D eigenvalue weighted by Gasteiger charge is -2.06. The highest BCUT2D eigenvalue weighted by Gasteiger charge is 2.08. The van der Waals surface area contributed by atoms with Gasteiger partial charge in [0, 0.05) is 10.0 Å². The first-order valence-electron chi connectivity index (χ1n) is 5.30. The summed E-state index contributed by atoms with van der Waals surface area (Å²) in [5.41, 5.74) is -0.110. The number of halogens is 1. The summed E-state index contributed by atoms with van der Waals surface area (Å²) >= 11 is 8.18. The summed E-state index contributed by atoms with van der Waals surface area (Å²) in [5, 5.41) is 19.9. The Bertz CT molecular complexity index is 756. The number of methoxy groups -OCH3 is 1. The van der Waals surface area contributed by atoms with Gasteiger partial charge in [-0.2, -0.15) is 14.9 Å². The summed E-state index contributed by atoms with van der Waals surface area (Å²) in [7, 11) is 1.44. The van der Waals surface area contributed by atoms with E-state index in [0.29, 0.717) is 10.0 Å². The number of nitrogens with one attached hydrogen (secondary N) is 1. The third-order valence-corrected chi connectivity index (χ3v) is 3.06. The molecule has 0 saturated heterocycles. The molecule has 0 amide bonds. The van der Waals surface area contributed by atoms with Crippen molar-refractivity contribution in [3.8, 4) is 11.5 Å². The van der Waals surface area contributed by atoms with E-state index in [0.717, 1.165) is 10.9 Å². The fourth-order valence-electron chi connectivity index (χ4n) is 1.42. The van der Waals surface area contributed by atoms with E-state index < -0.39 is 5.56 Å². The molecule has 7 nitrogen and oxygen atoms in total. The number of H-pyrrole nitrogens is 1. The van der Waals surface area contributed by atoms with Crippen LogP contribution in [0.2, 0.25) is 0 Å². The van der Waals surface area contributed by atoms with Crippen LogP contribution in [0.25, 0.3) is 0 Å². The molecule has 0 bridgehead atoms. The van der Waals surface area contributed by atoms with E-state index in [-0.39, 0.29) is 16.3 Å². The number of nitrogens with zero attached hydrogens (tertiary/aromatic N) is 3. The van der Waals surface area contributed by atoms with E-state index in [1.54, 1.807) is 12.1 Å². The van der Waals surface area contributed by atoms with Gasteiger partial charge in [0.1, 0.15) is 6.20 Å². The SMILES string of the molecule is COc1cc(Br)cc(/C=N/n2c(=O)cn[nH]c2=S)c1O. The number of aromatic amines is 1. The Kier molecular flexibility index (Phi) is 4.30. The second kappa shape index (κ2) is 5.97. The third kappa shape index (κ3) is 2.94. The molecule has 0 atom stereocenters. The molecule has 9 heteroatoms. The summed E-state index contributed by atoms with van der Waals surface area (Å²) in [6.45, 7) is 0. The molecule has 1 aromatic carbocycles. The molecule has 2 N–H and O–H groups in total. The molecule has 0 saturated carbocycles. The van der Waals surface area contributed by atoms with Crippen LogP contribution in [0, 0.1) is 4.77 Å². The number of benzene rings is 1. The molecular weight excluding hydrogens is 348 g/mol. The first kappa shape index (κ1) is 14.4. The van der Waals surface area contributed by atoms with Crippen molar-refractivity contribution in [2.45, 2.75) is 0 Å². The van der Waals surface area contributed by atoms with Gasteiger partial charge in [-0.25, -0.2) is 0 Å². The van der Waals surface area contributed by atoms with Crippen LogP contribution in [0.3, 0.4) is 0 Å². The van der Waals surface area contributed by atoms with Crippen molar-refractivity contribution in [2.24, 2.45) is 5.10 Å². The van der Waals surface area contributed by atoms with Crippen molar-refractivity contribution in [1.82, 2.24) is 14.9 Å². The van der Waals surface area contributed by atoms with E-state index in [4.69, 9.17) is 17.0 Å². The van der Waals surface area contributed by atoms with Crippen LogP contribution in [-0.2, 0) is 0 Å². The standard InChI is InChI=1S/C11H9BrN4O3S/c1-19-8-3-7(12)2-6(10(8)18)4-14-16-9(17)5-13-15-11(16)20/h2-5,18H,1H3,(H,15,20)/b14-4+. The van der Waals surface area contributed by atoms with Crippen LogP contribution >= 0.6 is 28.1 Å². The first-order valence-corrected chi connectivity index (χ1v) is 6.50. The Hall–Kier alpha value is -2.00. The molecule has 2 aromatic rings. The van der Waals surface area contributed by atoms with Crippen molar-refractivity contribution in [3.63, 3.8) is 0 Å². The minimum atomic E-state index is -0.480. The zero-order valence-corrected chi connectivity index (χ0v) is 12.6. The maximum atomic E-state index is 11.5. The lowest BCUT2D eigenvalue weighted by molar-refractivity contribution is 0.373. The van der Waals surface area contributed by atoms with Gasteiger partial charge in [0.15, 0.2) is 11.5 Å². The Morgan fingerprint density at radius 2 is 2.35 bits per heavy atom. The number of aromatic hydroxyl groups is 1. The van der Waals surface area contributed by atoms with Crippen molar-refractivity contribution in [2.75, 3.05) is 7.11 Å². The van der Waals surface area contributed by atoms with Crippen LogP contribution in [0.4, 0.5) is 0 Å². The highest BCUT2D eigenvalue weighted by Crippen LogP contribution is 2.32. The lowest BCUT2D eigenvalue weighted by atomic mass is 10.2. The Morgan fingerprint density at radius 3 is 3.00 bits per heavy atom. The monoisotopic (exact) mass is 356 g/mol. The smallest absolute Gasteiger partial charge is 0.293 e. The zero-order chi connectivity index (χ0) is 14.7. The van der Waals surface area contributed by atoms with Gasteiger partial charge in [-0.15, -0.1) is 0 Å². The summed E-state index contributed by atoms with van der Waals surface area (Å²) in [4.78, 5) is 11.5. The van der Waals surface area contributed by atoms with Gasteiger partial charge in [-0.05, 0) is 24.4 Å². The third-order valence-electron chi connectivity index (χ3n) is 2.34. The van der Waals surface area contributed by atoms with E-state index in [9.17, 15) is 9.90 Å². The molecule has 1 aromatic heterocycles. The van der Waals surface area contributed by atoms with Crippen molar-refractivity contribution < 1.29 is 9.84 Å². The molecule has 0 aliphatic heterocycles. The number of rotatable bonds is 3. The molecule has 20 heavy (non-hydrogen) atoms. The van der Waals surface area contributed by atoms with Crippen LogP contribution in [0.1, 0.15) is 5.56 Å². The van der Waals surface area contributed by atoms with E-state index >= 15 is 0 Å². The number of phenols is 1. The van der Waals surface area contributed by atoms with Crippen molar-refractivity contribution in [3.05, 3.63) is 43.5 Å². The Labute approximate surface area is 126 Å². The number of hydrogen-bond acceptors (Lipinski definition) is 6. The van der Waals surface area contributed by atoms with Gasteiger partial charge in [0.25, 0.3) is 5.56 Å². The molecule has 1 heterocycles. The topological polar surface area (TPSA) is 92.5 Å². The van der Waals surface area contributed by atoms with Gasteiger partial charge >= 0.3 is 0 Å². The molecule has 0 aliphatic carbocycles. The molecule has 0 spiro atoms. The summed E-state index contributed by atoms with van der Waals surface area (Å²) in [6.07, 6.45) is 2.35. The highest BCUT2D eigenvalue weighted by atomic mass is 79.9. The molecule has 104 valence electrons. The minimum absolute atomic E-state index is 0.0511. The van der Waals surface area contributed by atoms with Gasteiger partial charge in [0.05, 0.1) is 13.3 Å². The fourth-order valence-corrected chi connectivity index (χ4v) is 2.07. The molecule has 0 aliphatic rings. The molecule has 0 fully saturated rings. The summed E-state index contributed by atoms with van der Waals surface area (Å²) in [5.74, 6) is 0.199. The average molecular weight is 357 g/mol.